The molecule has 0 saturated carbocycles. The highest BCUT2D eigenvalue weighted by Gasteiger charge is 2.48. The van der Waals surface area contributed by atoms with Crippen LogP contribution in [-0.2, 0) is 13.1 Å². The molecule has 0 radical (unpaired) electrons. The lowest BCUT2D eigenvalue weighted by Gasteiger charge is -2.43. The molecule has 2 aliphatic heterocycles. The fourth-order valence-electron chi connectivity index (χ4n) is 6.17. The van der Waals surface area contributed by atoms with Crippen molar-refractivity contribution in [3.8, 4) is 17.2 Å². The van der Waals surface area contributed by atoms with Crippen LogP contribution in [0.25, 0.3) is 32.2 Å². The number of nitrogens with zero attached hydrogens (tertiary/aromatic N) is 5. The van der Waals surface area contributed by atoms with E-state index in [2.05, 4.69) is 16.4 Å². The minimum Gasteiger partial charge on any atom is -0.374 e. The summed E-state index contributed by atoms with van der Waals surface area (Å²) in [6.45, 7) is -0.471. The number of aromatic nitrogens is 2. The maximum absolute atomic E-state index is 13.7. The second kappa shape index (κ2) is 12.0. The first kappa shape index (κ1) is 32.5. The number of hydrogen-bond acceptors (Lipinski definition) is 8. The zero-order chi connectivity index (χ0) is 33.0. The predicted molar refractivity (Wildman–Crippen MR) is 160 cm³/mol. The molecule has 4 aromatic rings. The average molecular weight is 685 g/mol. The van der Waals surface area contributed by atoms with Crippen LogP contribution in [0, 0.1) is 16.7 Å². The van der Waals surface area contributed by atoms with Crippen LogP contribution in [0.5, 0.6) is 0 Å². The second-order valence-corrected chi connectivity index (χ2v) is 13.1. The van der Waals surface area contributed by atoms with E-state index >= 15 is 0 Å². The smallest absolute Gasteiger partial charge is 0.374 e. The molecule has 1 fully saturated rings. The molecule has 1 aromatic carbocycles. The SMILES string of the molecule is N#CC1(Cn2ccc3cc(Cl)cc(-c4ccnc5cc(CN6C(O)C(C(F)(F)F)=CN(CC(F)(F)F)C6O)sc45)c32)CCNCC1. The lowest BCUT2D eigenvalue weighted by molar-refractivity contribution is -0.221. The first-order chi connectivity index (χ1) is 21.7. The molecular formula is C30H27ClF6N6O2S. The number of piperidine rings is 1. The largest absolute Gasteiger partial charge is 0.417 e. The van der Waals surface area contributed by atoms with Gasteiger partial charge in [-0.15, -0.1) is 11.3 Å². The molecule has 0 amide bonds. The summed E-state index contributed by atoms with van der Waals surface area (Å²) in [4.78, 5) is 5.38. The number of aliphatic hydroxyl groups excluding tert-OH is 2. The summed E-state index contributed by atoms with van der Waals surface area (Å²) < 4.78 is 83.3. The molecule has 6 rings (SSSR count). The molecule has 0 bridgehead atoms. The first-order valence-corrected chi connectivity index (χ1v) is 15.4. The number of aliphatic hydroxyl groups is 2. The van der Waals surface area contributed by atoms with Crippen molar-refractivity contribution < 1.29 is 36.6 Å². The molecule has 0 spiro atoms. The Morgan fingerprint density at radius 3 is 2.50 bits per heavy atom. The summed E-state index contributed by atoms with van der Waals surface area (Å²) in [6.07, 6.45) is -9.77. The highest BCUT2D eigenvalue weighted by Crippen LogP contribution is 2.42. The van der Waals surface area contributed by atoms with Crippen LogP contribution in [-0.4, -0.2) is 74.1 Å². The summed E-state index contributed by atoms with van der Waals surface area (Å²) in [6, 6.07) is 11.3. The van der Waals surface area contributed by atoms with E-state index in [-0.39, 0.29) is 11.1 Å². The Morgan fingerprint density at radius 1 is 1.09 bits per heavy atom. The molecule has 1 saturated heterocycles. The number of pyridine rings is 1. The number of hydrogen-bond donors (Lipinski definition) is 3. The van der Waals surface area contributed by atoms with Gasteiger partial charge in [0.25, 0.3) is 0 Å². The number of alkyl halides is 6. The normalized spacial score (nSPS) is 21.1. The Labute approximate surface area is 267 Å². The van der Waals surface area contributed by atoms with Gasteiger partial charge in [0.1, 0.15) is 12.8 Å². The van der Waals surface area contributed by atoms with Crippen LogP contribution < -0.4 is 5.32 Å². The lowest BCUT2D eigenvalue weighted by atomic mass is 9.80. The van der Waals surface area contributed by atoms with Crippen molar-refractivity contribution in [2.75, 3.05) is 19.6 Å². The van der Waals surface area contributed by atoms with Gasteiger partial charge in [-0.05, 0) is 56.3 Å². The van der Waals surface area contributed by atoms with Crippen LogP contribution in [0.2, 0.25) is 5.02 Å². The molecule has 2 unspecified atom stereocenters. The minimum absolute atomic E-state index is 0.0970. The molecule has 3 N–H and O–H groups in total. The molecule has 5 heterocycles. The molecule has 2 aliphatic rings. The Bertz CT molecular complexity index is 1840. The van der Waals surface area contributed by atoms with Gasteiger partial charge in [0.05, 0.1) is 32.8 Å². The van der Waals surface area contributed by atoms with Gasteiger partial charge in [-0.25, -0.2) is 4.90 Å². The van der Waals surface area contributed by atoms with Crippen LogP contribution in [0.4, 0.5) is 26.3 Å². The van der Waals surface area contributed by atoms with E-state index < -0.39 is 49.0 Å². The van der Waals surface area contributed by atoms with E-state index in [1.54, 1.807) is 24.4 Å². The Morgan fingerprint density at radius 2 is 1.83 bits per heavy atom. The highest BCUT2D eigenvalue weighted by molar-refractivity contribution is 7.19. The molecule has 2 atom stereocenters. The fraction of sp³-hybridized carbons (Fsp3) is 0.400. The van der Waals surface area contributed by atoms with Crippen LogP contribution in [0.3, 0.4) is 0 Å². The third kappa shape index (κ3) is 6.29. The summed E-state index contributed by atoms with van der Waals surface area (Å²) in [5.74, 6) is 0. The van der Waals surface area contributed by atoms with Gasteiger partial charge in [-0.2, -0.15) is 31.6 Å². The zero-order valence-electron chi connectivity index (χ0n) is 23.9. The lowest BCUT2D eigenvalue weighted by Crippen LogP contribution is -2.58. The zero-order valence-corrected chi connectivity index (χ0v) is 25.5. The standard InChI is InChI=1S/C30H27ClF6N6O2S/c31-18-9-17-2-8-41(15-28(14-38)3-6-39-7-4-28)24(17)21(10-18)20-1-5-40-23-11-19(46-25(20)23)12-43-26(44)22(30(35,36)37)13-42(27(43)45)16-29(32,33)34/h1-2,5,8-11,13,26-27,39,44-45H,3-4,6-7,12,15-16H2. The van der Waals surface area contributed by atoms with Crippen LogP contribution >= 0.6 is 22.9 Å². The van der Waals surface area contributed by atoms with E-state index in [0.717, 1.165) is 40.9 Å². The van der Waals surface area contributed by atoms with Crippen molar-refractivity contribution in [3.63, 3.8) is 0 Å². The van der Waals surface area contributed by atoms with E-state index in [1.807, 2.05) is 22.9 Å². The van der Waals surface area contributed by atoms with Crippen molar-refractivity contribution in [2.45, 2.75) is 50.9 Å². The van der Waals surface area contributed by atoms with E-state index in [9.17, 15) is 41.8 Å². The number of halogens is 7. The number of nitrogens with one attached hydrogen (secondary N) is 1. The average Bonchev–Trinajstić information content (AvgIpc) is 3.59. The van der Waals surface area contributed by atoms with E-state index in [1.165, 1.54) is 0 Å². The molecule has 3 aromatic heterocycles. The summed E-state index contributed by atoms with van der Waals surface area (Å²) in [5.41, 5.74) is 0.497. The summed E-state index contributed by atoms with van der Waals surface area (Å²) in [5, 5.41) is 35.9. The van der Waals surface area contributed by atoms with Gasteiger partial charge in [0.2, 0.25) is 0 Å². The van der Waals surface area contributed by atoms with Gasteiger partial charge in [0.15, 0.2) is 6.35 Å². The Kier molecular flexibility index (Phi) is 8.49. The van der Waals surface area contributed by atoms with Crippen molar-refractivity contribution in [3.05, 3.63) is 64.4 Å². The van der Waals surface area contributed by atoms with Crippen molar-refractivity contribution in [2.24, 2.45) is 5.41 Å². The number of fused-ring (bicyclic) bond motifs is 2. The quantitative estimate of drug-likeness (QED) is 0.209. The predicted octanol–water partition coefficient (Wildman–Crippen LogP) is 6.19. The Balaban J connectivity index is 1.39. The molecule has 8 nitrogen and oxygen atoms in total. The number of nitriles is 1. The highest BCUT2D eigenvalue weighted by atomic mass is 35.5. The maximum atomic E-state index is 13.7. The van der Waals surface area contributed by atoms with E-state index in [4.69, 9.17) is 11.6 Å². The summed E-state index contributed by atoms with van der Waals surface area (Å²) in [7, 11) is 0. The van der Waals surface area contributed by atoms with Gasteiger partial charge < -0.3 is 25.0 Å². The third-order valence-electron chi connectivity index (χ3n) is 8.37. The van der Waals surface area contributed by atoms with Gasteiger partial charge in [-0.1, -0.05) is 11.6 Å². The van der Waals surface area contributed by atoms with Gasteiger partial charge >= 0.3 is 12.4 Å². The third-order valence-corrected chi connectivity index (χ3v) is 9.73. The molecule has 46 heavy (non-hydrogen) atoms. The van der Waals surface area contributed by atoms with Crippen molar-refractivity contribution in [1.29, 1.82) is 5.26 Å². The topological polar surface area (TPSA) is 101 Å². The number of rotatable bonds is 6. The van der Waals surface area contributed by atoms with Crippen molar-refractivity contribution in [1.82, 2.24) is 24.7 Å². The fourth-order valence-corrected chi connectivity index (χ4v) is 7.55. The monoisotopic (exact) mass is 684 g/mol. The number of benzene rings is 1. The molecule has 0 aliphatic carbocycles. The van der Waals surface area contributed by atoms with E-state index in [0.29, 0.717) is 50.0 Å². The molecular weight excluding hydrogens is 658 g/mol. The Hall–Kier alpha value is -3.39. The van der Waals surface area contributed by atoms with Crippen LogP contribution in [0.1, 0.15) is 17.7 Å². The second-order valence-electron chi connectivity index (χ2n) is 11.5. The van der Waals surface area contributed by atoms with Gasteiger partial charge in [0, 0.05) is 58.1 Å². The summed E-state index contributed by atoms with van der Waals surface area (Å²) >= 11 is 7.65. The van der Waals surface area contributed by atoms with Crippen molar-refractivity contribution >= 4 is 44.1 Å². The number of thiophene rings is 1. The van der Waals surface area contributed by atoms with Gasteiger partial charge in [-0.3, -0.25) is 4.98 Å². The minimum atomic E-state index is -5.15. The molecule has 16 heteroatoms. The maximum Gasteiger partial charge on any atom is 0.417 e. The molecule has 244 valence electrons. The van der Waals surface area contributed by atoms with Crippen LogP contribution in [0.15, 0.2) is 54.5 Å². The first-order valence-electron chi connectivity index (χ1n) is 14.2.